The summed E-state index contributed by atoms with van der Waals surface area (Å²) >= 11 is 6.53. The highest BCUT2D eigenvalue weighted by molar-refractivity contribution is 6.33. The molecule has 4 aromatic rings. The summed E-state index contributed by atoms with van der Waals surface area (Å²) in [5.74, 6) is -0.730. The van der Waals surface area contributed by atoms with Crippen LogP contribution in [0.15, 0.2) is 79.5 Å². The molecular formula is C32H29ClF2N4O. The summed E-state index contributed by atoms with van der Waals surface area (Å²) in [6.45, 7) is 5.41. The van der Waals surface area contributed by atoms with Gasteiger partial charge in [-0.3, -0.25) is 4.79 Å². The smallest absolute Gasteiger partial charge is 0.227 e. The van der Waals surface area contributed by atoms with E-state index in [1.165, 1.54) is 36.8 Å². The van der Waals surface area contributed by atoms with Crippen LogP contribution in [-0.4, -0.2) is 28.8 Å². The van der Waals surface area contributed by atoms with Gasteiger partial charge < -0.3 is 10.2 Å². The summed E-state index contributed by atoms with van der Waals surface area (Å²) in [6.07, 6.45) is 6.71. The van der Waals surface area contributed by atoms with Gasteiger partial charge in [-0.05, 0) is 85.0 Å². The molecule has 5 nitrogen and oxygen atoms in total. The third kappa shape index (κ3) is 6.72. The Morgan fingerprint density at radius 3 is 2.58 bits per heavy atom. The maximum absolute atomic E-state index is 14.7. The monoisotopic (exact) mass is 558 g/mol. The zero-order chi connectivity index (χ0) is 28.1. The second kappa shape index (κ2) is 12.4. The van der Waals surface area contributed by atoms with Crippen molar-refractivity contribution in [1.82, 2.24) is 9.97 Å². The van der Waals surface area contributed by atoms with Crippen LogP contribution in [0.2, 0.25) is 5.02 Å². The van der Waals surface area contributed by atoms with Crippen molar-refractivity contribution >= 4 is 34.7 Å². The summed E-state index contributed by atoms with van der Waals surface area (Å²) in [4.78, 5) is 23.6. The number of nitrogens with zero attached hydrogens (tertiary/aromatic N) is 3. The quantitative estimate of drug-likeness (QED) is 0.213. The molecule has 0 saturated carbocycles. The lowest BCUT2D eigenvalue weighted by Gasteiger charge is -2.30. The fourth-order valence-corrected chi connectivity index (χ4v) is 5.21. The number of hydrogen-bond acceptors (Lipinski definition) is 5. The predicted octanol–water partition coefficient (Wildman–Crippen LogP) is 7.70. The van der Waals surface area contributed by atoms with Crippen LogP contribution in [-0.2, 0) is 17.6 Å². The number of nitrogens with one attached hydrogen (secondary N) is 1. The Hall–Kier alpha value is -4.10. The van der Waals surface area contributed by atoms with Crippen molar-refractivity contribution < 1.29 is 13.6 Å². The lowest BCUT2D eigenvalue weighted by atomic mass is 9.98. The minimum Gasteiger partial charge on any atom is -0.370 e. The highest BCUT2D eigenvalue weighted by Gasteiger charge is 2.17. The molecule has 5 rings (SSSR count). The standard InChI is InChI=1S/C32H29ClF2N4O/c1-2-28(40)17-22-14-23(18-26(35)16-22)31-24(13-21-7-6-8-25(34)15-21)20-36-32(38-31)37-27-9-10-29(33)30(19-27)39-11-4-3-5-12-39/h2,6-10,14-16,18-20H,1,3-5,11-13,17H2,(H,36,37,38). The van der Waals surface area contributed by atoms with Crippen molar-refractivity contribution in [1.29, 1.82) is 0 Å². The van der Waals surface area contributed by atoms with Gasteiger partial charge in [-0.25, -0.2) is 18.7 Å². The summed E-state index contributed by atoms with van der Waals surface area (Å²) < 4.78 is 28.6. The Labute approximate surface area is 237 Å². The SMILES string of the molecule is C=CC(=O)Cc1cc(F)cc(-c2nc(Nc3ccc(Cl)c(N4CCCCC4)c3)ncc2Cc2cccc(F)c2)c1. The zero-order valence-corrected chi connectivity index (χ0v) is 22.7. The van der Waals surface area contributed by atoms with E-state index in [-0.39, 0.29) is 18.0 Å². The van der Waals surface area contributed by atoms with Crippen molar-refractivity contribution in [3.63, 3.8) is 0 Å². The molecule has 1 fully saturated rings. The molecule has 1 aromatic heterocycles. The highest BCUT2D eigenvalue weighted by Crippen LogP contribution is 2.33. The Bertz CT molecular complexity index is 1550. The van der Waals surface area contributed by atoms with Gasteiger partial charge in [-0.2, -0.15) is 0 Å². The minimum atomic E-state index is -0.488. The molecule has 2 heterocycles. The topological polar surface area (TPSA) is 58.1 Å². The average molecular weight is 559 g/mol. The molecule has 1 N–H and O–H groups in total. The zero-order valence-electron chi connectivity index (χ0n) is 22.0. The fraction of sp³-hybridized carbons (Fsp3) is 0.219. The second-order valence-electron chi connectivity index (χ2n) is 9.91. The maximum Gasteiger partial charge on any atom is 0.227 e. The molecule has 8 heteroatoms. The van der Waals surface area contributed by atoms with Gasteiger partial charge >= 0.3 is 0 Å². The van der Waals surface area contributed by atoms with Crippen molar-refractivity contribution in [3.8, 4) is 11.3 Å². The molecule has 40 heavy (non-hydrogen) atoms. The van der Waals surface area contributed by atoms with E-state index >= 15 is 0 Å². The van der Waals surface area contributed by atoms with E-state index in [9.17, 15) is 13.6 Å². The maximum atomic E-state index is 14.7. The first-order chi connectivity index (χ1) is 19.4. The Morgan fingerprint density at radius 2 is 1.80 bits per heavy atom. The molecule has 1 aliphatic rings. The molecule has 0 amide bonds. The largest absolute Gasteiger partial charge is 0.370 e. The molecule has 0 atom stereocenters. The van der Waals surface area contributed by atoms with Gasteiger partial charge in [-0.1, -0.05) is 30.3 Å². The summed E-state index contributed by atoms with van der Waals surface area (Å²) in [5, 5.41) is 3.94. The molecule has 204 valence electrons. The van der Waals surface area contributed by atoms with E-state index in [1.807, 2.05) is 24.3 Å². The number of allylic oxidation sites excluding steroid dienone is 1. The minimum absolute atomic E-state index is 0.0216. The molecule has 3 aromatic carbocycles. The first-order valence-electron chi connectivity index (χ1n) is 13.2. The molecule has 0 spiro atoms. The number of carbonyl (C=O) groups is 1. The van der Waals surface area contributed by atoms with Crippen LogP contribution in [0, 0.1) is 11.6 Å². The lowest BCUT2D eigenvalue weighted by Crippen LogP contribution is -2.29. The Kier molecular flexibility index (Phi) is 8.51. The summed E-state index contributed by atoms with van der Waals surface area (Å²) in [7, 11) is 0. The second-order valence-corrected chi connectivity index (χ2v) is 10.3. The van der Waals surface area contributed by atoms with Gasteiger partial charge in [0, 0.05) is 48.9 Å². The number of ketones is 1. The molecule has 0 aliphatic carbocycles. The first kappa shape index (κ1) is 27.5. The normalized spacial score (nSPS) is 13.2. The molecular weight excluding hydrogens is 530 g/mol. The van der Waals surface area contributed by atoms with Gasteiger partial charge in [0.2, 0.25) is 5.95 Å². The Balaban J connectivity index is 1.52. The van der Waals surface area contributed by atoms with Gasteiger partial charge in [-0.15, -0.1) is 0 Å². The van der Waals surface area contributed by atoms with Crippen molar-refractivity contribution in [2.45, 2.75) is 32.1 Å². The van der Waals surface area contributed by atoms with E-state index in [2.05, 4.69) is 21.8 Å². The highest BCUT2D eigenvalue weighted by atomic mass is 35.5. The number of aromatic nitrogens is 2. The number of piperidine rings is 1. The van der Waals surface area contributed by atoms with Crippen LogP contribution in [0.1, 0.15) is 36.0 Å². The van der Waals surface area contributed by atoms with Crippen molar-refractivity contribution in [3.05, 3.63) is 113 Å². The van der Waals surface area contributed by atoms with Crippen LogP contribution < -0.4 is 10.2 Å². The van der Waals surface area contributed by atoms with Crippen molar-refractivity contribution in [2.75, 3.05) is 23.3 Å². The molecule has 0 radical (unpaired) electrons. The number of hydrogen-bond donors (Lipinski definition) is 1. The van der Waals surface area contributed by atoms with Gasteiger partial charge in [0.05, 0.1) is 16.4 Å². The number of carbonyl (C=O) groups excluding carboxylic acids is 1. The average Bonchev–Trinajstić information content (AvgIpc) is 2.95. The molecule has 1 aliphatic heterocycles. The van der Waals surface area contributed by atoms with Crippen LogP contribution >= 0.6 is 11.6 Å². The third-order valence-corrected chi connectivity index (χ3v) is 7.20. The van der Waals surface area contributed by atoms with Crippen LogP contribution in [0.25, 0.3) is 11.3 Å². The lowest BCUT2D eigenvalue weighted by molar-refractivity contribution is -0.114. The number of anilines is 3. The summed E-state index contributed by atoms with van der Waals surface area (Å²) in [5.41, 5.74) is 4.63. The van der Waals surface area contributed by atoms with Crippen LogP contribution in [0.3, 0.4) is 0 Å². The van der Waals surface area contributed by atoms with Gasteiger partial charge in [0.1, 0.15) is 11.6 Å². The van der Waals surface area contributed by atoms with Crippen LogP contribution in [0.5, 0.6) is 0 Å². The van der Waals surface area contributed by atoms with E-state index in [1.54, 1.807) is 18.3 Å². The van der Waals surface area contributed by atoms with Gasteiger partial charge in [0.15, 0.2) is 5.78 Å². The van der Waals surface area contributed by atoms with E-state index in [0.717, 1.165) is 42.9 Å². The number of benzene rings is 3. The first-order valence-corrected chi connectivity index (χ1v) is 13.6. The van der Waals surface area contributed by atoms with E-state index in [4.69, 9.17) is 16.6 Å². The van der Waals surface area contributed by atoms with Gasteiger partial charge in [0.25, 0.3) is 0 Å². The van der Waals surface area contributed by atoms with Crippen LogP contribution in [0.4, 0.5) is 26.1 Å². The van der Waals surface area contributed by atoms with Crippen molar-refractivity contribution in [2.24, 2.45) is 0 Å². The summed E-state index contributed by atoms with van der Waals surface area (Å²) in [6, 6.07) is 16.4. The molecule has 0 bridgehead atoms. The molecule has 0 unspecified atom stereocenters. The third-order valence-electron chi connectivity index (χ3n) is 6.88. The Morgan fingerprint density at radius 1 is 1.00 bits per heavy atom. The number of halogens is 3. The number of rotatable bonds is 9. The fourth-order valence-electron chi connectivity index (χ4n) is 4.97. The van der Waals surface area contributed by atoms with E-state index < -0.39 is 5.82 Å². The predicted molar refractivity (Wildman–Crippen MR) is 156 cm³/mol. The molecule has 1 saturated heterocycles. The van der Waals surface area contributed by atoms with E-state index in [0.29, 0.717) is 39.8 Å².